The zero-order valence-electron chi connectivity index (χ0n) is 20.7. The zero-order valence-corrected chi connectivity index (χ0v) is 20.7. The number of carbonyl (C=O) groups excluding carboxylic acids is 3. The lowest BCUT2D eigenvalue weighted by molar-refractivity contribution is -0.126. The van der Waals surface area contributed by atoms with E-state index < -0.39 is 0 Å². The summed E-state index contributed by atoms with van der Waals surface area (Å²) in [7, 11) is 0. The van der Waals surface area contributed by atoms with Crippen molar-refractivity contribution in [2.24, 2.45) is 23.5 Å². The number of hydrogen-bond acceptors (Lipinski definition) is 4. The van der Waals surface area contributed by atoms with E-state index in [0.717, 1.165) is 56.3 Å². The maximum Gasteiger partial charge on any atom is 0.253 e. The van der Waals surface area contributed by atoms with Crippen LogP contribution in [0.2, 0.25) is 0 Å². The van der Waals surface area contributed by atoms with Gasteiger partial charge >= 0.3 is 0 Å². The van der Waals surface area contributed by atoms with Gasteiger partial charge in [-0.3, -0.25) is 19.4 Å². The number of primary amides is 1. The zero-order chi connectivity index (χ0) is 25.0. The summed E-state index contributed by atoms with van der Waals surface area (Å²) in [6.45, 7) is 4.11. The first kappa shape index (κ1) is 26.4. The summed E-state index contributed by atoms with van der Waals surface area (Å²) in [5.41, 5.74) is 7.29. The number of likely N-dealkylation sites (tertiary alicyclic amines) is 1. The molecule has 3 amide bonds. The summed E-state index contributed by atoms with van der Waals surface area (Å²) in [6, 6.07) is 13.2. The van der Waals surface area contributed by atoms with Crippen LogP contribution in [0.25, 0.3) is 0 Å². The third-order valence-corrected chi connectivity index (χ3v) is 6.95. The van der Waals surface area contributed by atoms with Crippen molar-refractivity contribution in [1.29, 1.82) is 0 Å². The van der Waals surface area contributed by atoms with Gasteiger partial charge in [0.05, 0.1) is 0 Å². The Morgan fingerprint density at radius 1 is 1.09 bits per heavy atom. The predicted molar refractivity (Wildman–Crippen MR) is 136 cm³/mol. The number of nitrogens with zero attached hydrogens (tertiary/aromatic N) is 2. The van der Waals surface area contributed by atoms with Crippen LogP contribution < -0.4 is 11.1 Å². The van der Waals surface area contributed by atoms with E-state index in [1.165, 1.54) is 0 Å². The molecule has 1 aromatic heterocycles. The van der Waals surface area contributed by atoms with E-state index in [-0.39, 0.29) is 29.6 Å². The van der Waals surface area contributed by atoms with E-state index in [1.807, 2.05) is 54.3 Å². The van der Waals surface area contributed by atoms with E-state index >= 15 is 0 Å². The molecule has 3 N–H and O–H groups in total. The smallest absolute Gasteiger partial charge is 0.253 e. The summed E-state index contributed by atoms with van der Waals surface area (Å²) >= 11 is 0. The van der Waals surface area contributed by atoms with Crippen LogP contribution in [0, 0.1) is 17.8 Å². The molecule has 1 saturated heterocycles. The number of nitrogens with two attached hydrogens (primary N) is 1. The molecule has 7 heteroatoms. The van der Waals surface area contributed by atoms with Gasteiger partial charge in [-0.2, -0.15) is 0 Å². The van der Waals surface area contributed by atoms with Crippen molar-refractivity contribution < 1.29 is 14.4 Å². The van der Waals surface area contributed by atoms with Crippen molar-refractivity contribution >= 4 is 17.7 Å². The summed E-state index contributed by atoms with van der Waals surface area (Å²) in [6.07, 6.45) is 9.51. The highest BCUT2D eigenvalue weighted by atomic mass is 16.2. The highest BCUT2D eigenvalue weighted by Crippen LogP contribution is 2.24. The molecule has 1 fully saturated rings. The van der Waals surface area contributed by atoms with Crippen molar-refractivity contribution in [1.82, 2.24) is 15.2 Å². The Kier molecular flexibility index (Phi) is 10.3. The quantitative estimate of drug-likeness (QED) is 0.455. The average molecular weight is 479 g/mol. The molecule has 2 aromatic rings. The molecule has 1 aliphatic rings. The number of unbranched alkanes of at least 4 members (excludes halogenated alkanes) is 1. The Labute approximate surface area is 208 Å². The first-order valence-corrected chi connectivity index (χ1v) is 12.7. The Balaban J connectivity index is 1.29. The minimum Gasteiger partial charge on any atom is -0.369 e. The van der Waals surface area contributed by atoms with Gasteiger partial charge in [0.15, 0.2) is 0 Å². The third-order valence-electron chi connectivity index (χ3n) is 6.95. The number of piperidine rings is 1. The Bertz CT molecular complexity index is 943. The molecule has 0 bridgehead atoms. The number of aromatic nitrogens is 1. The number of pyridine rings is 1. The fraction of sp³-hybridized carbons (Fsp3) is 0.500. The minimum absolute atomic E-state index is 0.0323. The van der Waals surface area contributed by atoms with Crippen LogP contribution in [0.15, 0.2) is 54.9 Å². The maximum atomic E-state index is 12.6. The molecule has 2 unspecified atom stereocenters. The number of nitrogens with one attached hydrogen (secondary N) is 1. The van der Waals surface area contributed by atoms with Crippen LogP contribution in [0.3, 0.4) is 0 Å². The summed E-state index contributed by atoms with van der Waals surface area (Å²) in [4.78, 5) is 43.0. The molecule has 1 aromatic carbocycles. The van der Waals surface area contributed by atoms with Gasteiger partial charge < -0.3 is 16.0 Å². The lowest BCUT2D eigenvalue weighted by Gasteiger charge is -2.32. The van der Waals surface area contributed by atoms with E-state index in [2.05, 4.69) is 10.3 Å². The molecule has 2 atom stereocenters. The van der Waals surface area contributed by atoms with Crippen molar-refractivity contribution in [3.05, 3.63) is 66.0 Å². The number of carbonyl (C=O) groups is 3. The molecule has 1 aliphatic heterocycles. The van der Waals surface area contributed by atoms with Crippen LogP contribution in [0.4, 0.5) is 0 Å². The molecule has 0 spiro atoms. The van der Waals surface area contributed by atoms with Gasteiger partial charge in [-0.15, -0.1) is 0 Å². The summed E-state index contributed by atoms with van der Waals surface area (Å²) in [5, 5.41) is 3.01. The van der Waals surface area contributed by atoms with Gasteiger partial charge in [0.1, 0.15) is 0 Å². The summed E-state index contributed by atoms with van der Waals surface area (Å²) in [5.74, 6) is -0.330. The second-order valence-electron chi connectivity index (χ2n) is 9.69. The van der Waals surface area contributed by atoms with Gasteiger partial charge in [-0.05, 0) is 61.8 Å². The Morgan fingerprint density at radius 3 is 2.49 bits per heavy atom. The number of benzene rings is 1. The largest absolute Gasteiger partial charge is 0.369 e. The Hall–Kier alpha value is -3.22. The number of amides is 3. The molecule has 35 heavy (non-hydrogen) atoms. The molecule has 3 rings (SSSR count). The van der Waals surface area contributed by atoms with Gasteiger partial charge in [-0.1, -0.05) is 44.0 Å². The SMILES string of the molecule is CC(CC(Cc1cccnc1)C(N)=O)C(=O)NCCCCC1CCN(C(=O)c2ccccc2)CC1. The molecule has 188 valence electrons. The number of rotatable bonds is 12. The maximum absolute atomic E-state index is 12.6. The van der Waals surface area contributed by atoms with E-state index in [4.69, 9.17) is 5.73 Å². The fourth-order valence-corrected chi connectivity index (χ4v) is 4.77. The first-order chi connectivity index (χ1) is 16.9. The molecule has 0 aliphatic carbocycles. The van der Waals surface area contributed by atoms with E-state index in [9.17, 15) is 14.4 Å². The normalized spacial score (nSPS) is 15.9. The lowest BCUT2D eigenvalue weighted by Crippen LogP contribution is -2.38. The standard InChI is InChI=1S/C28H38N4O3/c1-21(18-25(26(29)33)19-23-9-7-14-30-20-23)27(34)31-15-6-5-8-22-12-16-32(17-13-22)28(35)24-10-3-2-4-11-24/h2-4,7,9-11,14,20-22,25H,5-6,8,12-13,15-19H2,1H3,(H2,29,33)(H,31,34). The van der Waals surface area contributed by atoms with Crippen LogP contribution in [0.5, 0.6) is 0 Å². The average Bonchev–Trinajstić information content (AvgIpc) is 2.89. The second-order valence-corrected chi connectivity index (χ2v) is 9.69. The minimum atomic E-state index is -0.389. The van der Waals surface area contributed by atoms with E-state index in [0.29, 0.717) is 25.3 Å². The van der Waals surface area contributed by atoms with Crippen LogP contribution in [-0.2, 0) is 16.0 Å². The van der Waals surface area contributed by atoms with Crippen molar-refractivity contribution in [3.63, 3.8) is 0 Å². The van der Waals surface area contributed by atoms with Gasteiger partial charge in [-0.25, -0.2) is 0 Å². The topological polar surface area (TPSA) is 105 Å². The van der Waals surface area contributed by atoms with Crippen LogP contribution >= 0.6 is 0 Å². The van der Waals surface area contributed by atoms with Crippen LogP contribution in [0.1, 0.15) is 61.4 Å². The number of hydrogen-bond donors (Lipinski definition) is 2. The second kappa shape index (κ2) is 13.6. The fourth-order valence-electron chi connectivity index (χ4n) is 4.77. The molecule has 0 saturated carbocycles. The molecule has 2 heterocycles. The van der Waals surface area contributed by atoms with Gasteiger partial charge in [0.25, 0.3) is 5.91 Å². The lowest BCUT2D eigenvalue weighted by atomic mass is 9.89. The van der Waals surface area contributed by atoms with Crippen molar-refractivity contribution in [2.45, 2.75) is 51.9 Å². The van der Waals surface area contributed by atoms with Gasteiger partial charge in [0, 0.05) is 49.4 Å². The third kappa shape index (κ3) is 8.50. The predicted octanol–water partition coefficient (Wildman–Crippen LogP) is 3.59. The molecular weight excluding hydrogens is 440 g/mol. The van der Waals surface area contributed by atoms with Crippen LogP contribution in [-0.4, -0.2) is 47.2 Å². The summed E-state index contributed by atoms with van der Waals surface area (Å²) < 4.78 is 0. The van der Waals surface area contributed by atoms with Gasteiger partial charge in [0.2, 0.25) is 11.8 Å². The highest BCUT2D eigenvalue weighted by Gasteiger charge is 2.24. The molecule has 0 radical (unpaired) electrons. The Morgan fingerprint density at radius 2 is 1.83 bits per heavy atom. The first-order valence-electron chi connectivity index (χ1n) is 12.7. The molecular formula is C28H38N4O3. The highest BCUT2D eigenvalue weighted by molar-refractivity contribution is 5.94. The monoisotopic (exact) mass is 478 g/mol. The molecule has 7 nitrogen and oxygen atoms in total. The van der Waals surface area contributed by atoms with E-state index in [1.54, 1.807) is 12.4 Å². The van der Waals surface area contributed by atoms with Crippen molar-refractivity contribution in [3.8, 4) is 0 Å². The van der Waals surface area contributed by atoms with Crippen molar-refractivity contribution in [2.75, 3.05) is 19.6 Å².